The molecule has 1 atom stereocenters. The summed E-state index contributed by atoms with van der Waals surface area (Å²) in [6.07, 6.45) is 0. The van der Waals surface area contributed by atoms with E-state index in [9.17, 15) is 4.79 Å². The highest BCUT2D eigenvalue weighted by molar-refractivity contribution is 5.77. The molecule has 0 fully saturated rings. The molecule has 0 aliphatic heterocycles. The molecule has 0 radical (unpaired) electrons. The molecule has 0 saturated heterocycles. The maximum absolute atomic E-state index is 11.4. The van der Waals surface area contributed by atoms with Crippen molar-refractivity contribution in [2.45, 2.75) is 19.9 Å². The van der Waals surface area contributed by atoms with E-state index in [1.165, 1.54) is 0 Å². The number of hydrogen-bond donors (Lipinski definition) is 2. The molecule has 1 amide bonds. The van der Waals surface area contributed by atoms with Gasteiger partial charge in [0.25, 0.3) is 0 Å². The van der Waals surface area contributed by atoms with Crippen LogP contribution in [0.3, 0.4) is 0 Å². The second-order valence-electron chi connectivity index (χ2n) is 3.60. The van der Waals surface area contributed by atoms with Gasteiger partial charge in [0.05, 0.1) is 6.04 Å². The molecule has 1 aromatic rings. The molecule has 1 rings (SSSR count). The Kier molecular flexibility index (Phi) is 4.79. The van der Waals surface area contributed by atoms with Crippen LogP contribution in [0.4, 0.5) is 5.69 Å². The van der Waals surface area contributed by atoms with Crippen molar-refractivity contribution in [3.05, 3.63) is 29.8 Å². The number of carbonyl (C=O) groups excluding carboxylic acids is 1. The topological polar surface area (TPSA) is 64.3 Å². The average Bonchev–Trinajstić information content (AvgIpc) is 2.26. The normalized spacial score (nSPS) is 12.1. The van der Waals surface area contributed by atoms with Gasteiger partial charge in [0.1, 0.15) is 6.61 Å². The molecule has 1 unspecified atom stereocenters. The van der Waals surface area contributed by atoms with Gasteiger partial charge in [-0.05, 0) is 31.5 Å². The Hall–Kier alpha value is -1.55. The first-order chi connectivity index (χ1) is 7.63. The molecule has 4 heteroatoms. The van der Waals surface area contributed by atoms with E-state index in [4.69, 9.17) is 10.5 Å². The first kappa shape index (κ1) is 12.5. The van der Waals surface area contributed by atoms with Crippen LogP contribution < -0.4 is 11.1 Å². The minimum absolute atomic E-state index is 0.0588. The number of nitrogens with two attached hydrogens (primary N) is 1. The molecule has 16 heavy (non-hydrogen) atoms. The van der Waals surface area contributed by atoms with Crippen molar-refractivity contribution in [3.8, 4) is 0 Å². The van der Waals surface area contributed by atoms with Crippen LogP contribution in [0.25, 0.3) is 0 Å². The fourth-order valence-electron chi connectivity index (χ4n) is 1.39. The molecule has 3 N–H and O–H groups in total. The van der Waals surface area contributed by atoms with Crippen LogP contribution in [0.1, 0.15) is 25.5 Å². The maximum atomic E-state index is 11.4. The Labute approximate surface area is 95.8 Å². The summed E-state index contributed by atoms with van der Waals surface area (Å²) >= 11 is 0. The fourth-order valence-corrected chi connectivity index (χ4v) is 1.39. The van der Waals surface area contributed by atoms with Crippen LogP contribution in [0.5, 0.6) is 0 Å². The lowest BCUT2D eigenvalue weighted by atomic mass is 10.1. The lowest BCUT2D eigenvalue weighted by molar-refractivity contribution is -0.126. The Morgan fingerprint density at radius 2 is 2.31 bits per heavy atom. The number of nitrogens with one attached hydrogen (secondary N) is 1. The largest absolute Gasteiger partial charge is 0.399 e. The second kappa shape index (κ2) is 6.12. The molecule has 88 valence electrons. The third kappa shape index (κ3) is 3.90. The van der Waals surface area contributed by atoms with Crippen molar-refractivity contribution in [3.63, 3.8) is 0 Å². The van der Waals surface area contributed by atoms with E-state index in [1.54, 1.807) is 0 Å². The molecule has 0 spiro atoms. The number of anilines is 1. The lowest BCUT2D eigenvalue weighted by Gasteiger charge is -2.14. The van der Waals surface area contributed by atoms with Crippen LogP contribution in [0.2, 0.25) is 0 Å². The van der Waals surface area contributed by atoms with Gasteiger partial charge in [-0.15, -0.1) is 0 Å². The first-order valence-corrected chi connectivity index (χ1v) is 5.36. The fraction of sp³-hybridized carbons (Fsp3) is 0.417. The van der Waals surface area contributed by atoms with Crippen molar-refractivity contribution in [1.82, 2.24) is 5.32 Å². The predicted molar refractivity (Wildman–Crippen MR) is 63.9 cm³/mol. The lowest BCUT2D eigenvalue weighted by Crippen LogP contribution is -2.30. The highest BCUT2D eigenvalue weighted by Gasteiger charge is 2.09. The summed E-state index contributed by atoms with van der Waals surface area (Å²) in [5.41, 5.74) is 7.36. The SMILES string of the molecule is CCOCC(=O)NC(C)c1cccc(N)c1. The number of ether oxygens (including phenoxy) is 1. The van der Waals surface area contributed by atoms with Gasteiger partial charge >= 0.3 is 0 Å². The van der Waals surface area contributed by atoms with Crippen molar-refractivity contribution < 1.29 is 9.53 Å². The van der Waals surface area contributed by atoms with Gasteiger partial charge in [-0.3, -0.25) is 4.79 Å². The van der Waals surface area contributed by atoms with Gasteiger partial charge in [-0.1, -0.05) is 12.1 Å². The summed E-state index contributed by atoms with van der Waals surface area (Å²) < 4.78 is 5.02. The maximum Gasteiger partial charge on any atom is 0.246 e. The molecular formula is C12H18N2O2. The van der Waals surface area contributed by atoms with Gasteiger partial charge in [-0.2, -0.15) is 0 Å². The highest BCUT2D eigenvalue weighted by atomic mass is 16.5. The Balaban J connectivity index is 2.52. The smallest absolute Gasteiger partial charge is 0.246 e. The van der Waals surface area contributed by atoms with Crippen LogP contribution in [0, 0.1) is 0 Å². The van der Waals surface area contributed by atoms with Gasteiger partial charge in [-0.25, -0.2) is 0 Å². The monoisotopic (exact) mass is 222 g/mol. The van der Waals surface area contributed by atoms with E-state index >= 15 is 0 Å². The zero-order valence-electron chi connectivity index (χ0n) is 9.69. The summed E-state index contributed by atoms with van der Waals surface area (Å²) in [5, 5.41) is 2.84. The summed E-state index contributed by atoms with van der Waals surface area (Å²) in [7, 11) is 0. The van der Waals surface area contributed by atoms with Crippen molar-refractivity contribution in [2.75, 3.05) is 18.9 Å². The molecule has 0 saturated carbocycles. The van der Waals surface area contributed by atoms with E-state index in [-0.39, 0.29) is 18.6 Å². The zero-order chi connectivity index (χ0) is 12.0. The van der Waals surface area contributed by atoms with Crippen LogP contribution >= 0.6 is 0 Å². The van der Waals surface area contributed by atoms with E-state index in [2.05, 4.69) is 5.32 Å². The van der Waals surface area contributed by atoms with Gasteiger partial charge in [0.15, 0.2) is 0 Å². The minimum Gasteiger partial charge on any atom is -0.399 e. The Morgan fingerprint density at radius 3 is 2.94 bits per heavy atom. The Bertz CT molecular complexity index is 353. The number of amides is 1. The Morgan fingerprint density at radius 1 is 1.56 bits per heavy atom. The highest BCUT2D eigenvalue weighted by Crippen LogP contribution is 2.14. The van der Waals surface area contributed by atoms with Crippen molar-refractivity contribution >= 4 is 11.6 Å². The van der Waals surface area contributed by atoms with E-state index < -0.39 is 0 Å². The van der Waals surface area contributed by atoms with Crippen LogP contribution in [0.15, 0.2) is 24.3 Å². The zero-order valence-corrected chi connectivity index (χ0v) is 9.69. The molecule has 0 heterocycles. The number of rotatable bonds is 5. The number of carbonyl (C=O) groups is 1. The summed E-state index contributed by atoms with van der Waals surface area (Å²) in [6, 6.07) is 7.42. The van der Waals surface area contributed by atoms with E-state index in [1.807, 2.05) is 38.1 Å². The predicted octanol–water partition coefficient (Wildman–Crippen LogP) is 1.48. The van der Waals surface area contributed by atoms with Gasteiger partial charge in [0, 0.05) is 12.3 Å². The van der Waals surface area contributed by atoms with Gasteiger partial charge in [0.2, 0.25) is 5.91 Å². The van der Waals surface area contributed by atoms with Crippen LogP contribution in [-0.2, 0) is 9.53 Å². The number of hydrogen-bond acceptors (Lipinski definition) is 3. The molecule has 4 nitrogen and oxygen atoms in total. The van der Waals surface area contributed by atoms with E-state index in [0.29, 0.717) is 12.3 Å². The molecule has 0 bridgehead atoms. The average molecular weight is 222 g/mol. The summed E-state index contributed by atoms with van der Waals surface area (Å²) in [6.45, 7) is 4.41. The minimum atomic E-state index is -0.114. The van der Waals surface area contributed by atoms with E-state index in [0.717, 1.165) is 5.56 Å². The summed E-state index contributed by atoms with van der Waals surface area (Å²) in [4.78, 5) is 11.4. The molecule has 0 aliphatic carbocycles. The number of benzene rings is 1. The third-order valence-electron chi connectivity index (χ3n) is 2.23. The van der Waals surface area contributed by atoms with Gasteiger partial charge < -0.3 is 15.8 Å². The number of nitrogen functional groups attached to an aromatic ring is 1. The molecule has 0 aliphatic rings. The second-order valence-corrected chi connectivity index (χ2v) is 3.60. The standard InChI is InChI=1S/C12H18N2O2/c1-3-16-8-12(15)14-9(2)10-5-4-6-11(13)7-10/h4-7,9H,3,8,13H2,1-2H3,(H,14,15). The van der Waals surface area contributed by atoms with Crippen LogP contribution in [-0.4, -0.2) is 19.1 Å². The summed E-state index contributed by atoms with van der Waals surface area (Å²) in [5.74, 6) is -0.114. The first-order valence-electron chi connectivity index (χ1n) is 5.36. The molecule has 1 aromatic carbocycles. The quantitative estimate of drug-likeness (QED) is 0.742. The molecular weight excluding hydrogens is 204 g/mol. The third-order valence-corrected chi connectivity index (χ3v) is 2.23. The van der Waals surface area contributed by atoms with Crippen molar-refractivity contribution in [2.24, 2.45) is 0 Å². The molecule has 0 aromatic heterocycles. The van der Waals surface area contributed by atoms with Crippen molar-refractivity contribution in [1.29, 1.82) is 0 Å².